The number of rotatable bonds is 6. The fourth-order valence-corrected chi connectivity index (χ4v) is 2.93. The SMILES string of the molecule is NC(=O)C[C@@]1(COc2ccc(F)cc2)CN(C(=O)C2CC2)CCO1. The van der Waals surface area contributed by atoms with Gasteiger partial charge in [-0.15, -0.1) is 0 Å². The molecule has 7 heteroatoms. The smallest absolute Gasteiger partial charge is 0.225 e. The topological polar surface area (TPSA) is 81.9 Å². The lowest BCUT2D eigenvalue weighted by molar-refractivity contribution is -0.162. The van der Waals surface area contributed by atoms with Gasteiger partial charge in [-0.3, -0.25) is 9.59 Å². The summed E-state index contributed by atoms with van der Waals surface area (Å²) in [4.78, 5) is 25.5. The third-order valence-corrected chi connectivity index (χ3v) is 4.30. The molecule has 2 N–H and O–H groups in total. The van der Waals surface area contributed by atoms with Gasteiger partial charge in [-0.2, -0.15) is 0 Å². The molecule has 1 aromatic rings. The van der Waals surface area contributed by atoms with Crippen molar-refractivity contribution in [3.8, 4) is 5.75 Å². The standard InChI is InChI=1S/C17H21FN2O4/c18-13-3-5-14(6-4-13)23-11-17(9-15(19)21)10-20(7-8-24-17)16(22)12-1-2-12/h3-6,12H,1-2,7-11H2,(H2,19,21)/t17-/m0/s1. The molecule has 0 aromatic heterocycles. The van der Waals surface area contributed by atoms with Crippen molar-refractivity contribution in [2.75, 3.05) is 26.3 Å². The van der Waals surface area contributed by atoms with Gasteiger partial charge in [0, 0.05) is 12.5 Å². The highest BCUT2D eigenvalue weighted by Gasteiger charge is 2.43. The molecule has 1 aliphatic heterocycles. The van der Waals surface area contributed by atoms with Crippen molar-refractivity contribution in [2.24, 2.45) is 11.7 Å². The summed E-state index contributed by atoms with van der Waals surface area (Å²) in [6.07, 6.45) is 1.80. The number of nitrogens with two attached hydrogens (primary N) is 1. The third-order valence-electron chi connectivity index (χ3n) is 4.30. The second-order valence-electron chi connectivity index (χ2n) is 6.45. The molecule has 2 fully saturated rings. The van der Waals surface area contributed by atoms with E-state index >= 15 is 0 Å². The third kappa shape index (κ3) is 4.03. The molecule has 24 heavy (non-hydrogen) atoms. The zero-order valence-corrected chi connectivity index (χ0v) is 13.4. The number of halogens is 1. The Labute approximate surface area is 139 Å². The summed E-state index contributed by atoms with van der Waals surface area (Å²) in [6.45, 7) is 1.17. The first-order valence-electron chi connectivity index (χ1n) is 8.07. The molecule has 0 unspecified atom stereocenters. The average Bonchev–Trinajstić information content (AvgIpc) is 3.38. The second-order valence-corrected chi connectivity index (χ2v) is 6.45. The van der Waals surface area contributed by atoms with E-state index in [1.807, 2.05) is 0 Å². The van der Waals surface area contributed by atoms with Crippen molar-refractivity contribution in [2.45, 2.75) is 24.9 Å². The van der Waals surface area contributed by atoms with E-state index in [2.05, 4.69) is 0 Å². The molecule has 1 saturated carbocycles. The van der Waals surface area contributed by atoms with Crippen LogP contribution in [0.1, 0.15) is 19.3 Å². The minimum atomic E-state index is -0.969. The molecule has 2 aliphatic rings. The molecule has 1 atom stereocenters. The molecule has 0 spiro atoms. The fraction of sp³-hybridized carbons (Fsp3) is 0.529. The molecule has 130 valence electrons. The normalized spacial score (nSPS) is 23.8. The average molecular weight is 336 g/mol. The molecule has 6 nitrogen and oxygen atoms in total. The van der Waals surface area contributed by atoms with E-state index in [9.17, 15) is 14.0 Å². The predicted molar refractivity (Wildman–Crippen MR) is 83.7 cm³/mol. The number of ether oxygens (including phenoxy) is 2. The number of carbonyl (C=O) groups excluding carboxylic acids is 2. The van der Waals surface area contributed by atoms with Gasteiger partial charge in [0.15, 0.2) is 0 Å². The van der Waals surface area contributed by atoms with Crippen LogP contribution >= 0.6 is 0 Å². The summed E-state index contributed by atoms with van der Waals surface area (Å²) in [7, 11) is 0. The van der Waals surface area contributed by atoms with Gasteiger partial charge < -0.3 is 20.1 Å². The van der Waals surface area contributed by atoms with Crippen LogP contribution in [-0.2, 0) is 14.3 Å². The van der Waals surface area contributed by atoms with E-state index in [1.165, 1.54) is 24.3 Å². The first-order valence-corrected chi connectivity index (χ1v) is 8.07. The number of morpholine rings is 1. The summed E-state index contributed by atoms with van der Waals surface area (Å²) in [5.74, 6) is -0.196. The Morgan fingerprint density at radius 2 is 2.04 bits per heavy atom. The van der Waals surface area contributed by atoms with Crippen molar-refractivity contribution in [3.63, 3.8) is 0 Å². The first-order chi connectivity index (χ1) is 11.5. The summed E-state index contributed by atoms with van der Waals surface area (Å²) < 4.78 is 24.4. The van der Waals surface area contributed by atoms with Crippen LogP contribution in [0.4, 0.5) is 4.39 Å². The summed E-state index contributed by atoms with van der Waals surface area (Å²) >= 11 is 0. The maximum Gasteiger partial charge on any atom is 0.225 e. The van der Waals surface area contributed by atoms with Crippen LogP contribution in [-0.4, -0.2) is 48.6 Å². The van der Waals surface area contributed by atoms with E-state index in [0.717, 1.165) is 12.8 Å². The summed E-state index contributed by atoms with van der Waals surface area (Å²) in [6, 6.07) is 5.59. The Hall–Kier alpha value is -2.15. The lowest BCUT2D eigenvalue weighted by atomic mass is 9.97. The molecule has 3 rings (SSSR count). The van der Waals surface area contributed by atoms with Crippen LogP contribution in [0.3, 0.4) is 0 Å². The highest BCUT2D eigenvalue weighted by Crippen LogP contribution is 2.33. The van der Waals surface area contributed by atoms with E-state index < -0.39 is 11.5 Å². The van der Waals surface area contributed by atoms with Crippen molar-refractivity contribution in [1.82, 2.24) is 4.90 Å². The summed E-state index contributed by atoms with van der Waals surface area (Å²) in [5, 5.41) is 0. The Morgan fingerprint density at radius 3 is 2.67 bits per heavy atom. The number of nitrogens with zero attached hydrogens (tertiary/aromatic N) is 1. The van der Waals surface area contributed by atoms with Crippen molar-refractivity contribution in [3.05, 3.63) is 30.1 Å². The monoisotopic (exact) mass is 336 g/mol. The van der Waals surface area contributed by atoms with Gasteiger partial charge in [-0.25, -0.2) is 4.39 Å². The quantitative estimate of drug-likeness (QED) is 0.843. The zero-order chi connectivity index (χ0) is 17.2. The maximum absolute atomic E-state index is 13.0. The van der Waals surface area contributed by atoms with Gasteiger partial charge in [0.1, 0.15) is 23.8 Å². The van der Waals surface area contributed by atoms with E-state index in [1.54, 1.807) is 4.90 Å². The number of benzene rings is 1. The fourth-order valence-electron chi connectivity index (χ4n) is 2.93. The maximum atomic E-state index is 13.0. The van der Waals surface area contributed by atoms with Crippen LogP contribution in [0.15, 0.2) is 24.3 Å². The highest BCUT2D eigenvalue weighted by atomic mass is 19.1. The minimum Gasteiger partial charge on any atom is -0.490 e. The molecule has 1 heterocycles. The van der Waals surface area contributed by atoms with Gasteiger partial charge in [-0.05, 0) is 37.1 Å². The summed E-state index contributed by atoms with van der Waals surface area (Å²) in [5.41, 5.74) is 4.39. The Morgan fingerprint density at radius 1 is 1.33 bits per heavy atom. The minimum absolute atomic E-state index is 0.0390. The predicted octanol–water partition coefficient (Wildman–Crippen LogP) is 1.09. The van der Waals surface area contributed by atoms with Gasteiger partial charge in [0.2, 0.25) is 11.8 Å². The van der Waals surface area contributed by atoms with Gasteiger partial charge in [0.25, 0.3) is 0 Å². The first kappa shape index (κ1) is 16.7. The number of hydrogen-bond acceptors (Lipinski definition) is 4. The van der Waals surface area contributed by atoms with Crippen LogP contribution < -0.4 is 10.5 Å². The largest absolute Gasteiger partial charge is 0.490 e. The van der Waals surface area contributed by atoms with Crippen molar-refractivity contribution < 1.29 is 23.5 Å². The van der Waals surface area contributed by atoms with E-state index in [4.69, 9.17) is 15.2 Å². The van der Waals surface area contributed by atoms with Gasteiger partial charge in [-0.1, -0.05) is 0 Å². The van der Waals surface area contributed by atoms with Crippen LogP contribution in [0.5, 0.6) is 5.75 Å². The molecular formula is C17H21FN2O4. The molecule has 2 amide bonds. The van der Waals surface area contributed by atoms with Crippen LogP contribution in [0, 0.1) is 11.7 Å². The number of amides is 2. The Kier molecular flexibility index (Phi) is 4.71. The van der Waals surface area contributed by atoms with E-state index in [-0.39, 0.29) is 37.2 Å². The number of carbonyl (C=O) groups is 2. The molecule has 0 radical (unpaired) electrons. The number of hydrogen-bond donors (Lipinski definition) is 1. The van der Waals surface area contributed by atoms with Crippen LogP contribution in [0.25, 0.3) is 0 Å². The molecular weight excluding hydrogens is 315 g/mol. The van der Waals surface area contributed by atoms with E-state index in [0.29, 0.717) is 18.9 Å². The van der Waals surface area contributed by atoms with Gasteiger partial charge >= 0.3 is 0 Å². The van der Waals surface area contributed by atoms with Crippen molar-refractivity contribution in [1.29, 1.82) is 0 Å². The lowest BCUT2D eigenvalue weighted by Crippen LogP contribution is -2.58. The Bertz CT molecular complexity index is 618. The van der Waals surface area contributed by atoms with Gasteiger partial charge in [0.05, 0.1) is 19.6 Å². The van der Waals surface area contributed by atoms with Crippen LogP contribution in [0.2, 0.25) is 0 Å². The Balaban J connectivity index is 1.69. The molecule has 0 bridgehead atoms. The number of primary amides is 1. The molecule has 1 aromatic carbocycles. The molecule has 1 saturated heterocycles. The van der Waals surface area contributed by atoms with Crippen molar-refractivity contribution >= 4 is 11.8 Å². The highest BCUT2D eigenvalue weighted by molar-refractivity contribution is 5.81. The molecule has 1 aliphatic carbocycles. The second kappa shape index (κ2) is 6.76. The zero-order valence-electron chi connectivity index (χ0n) is 13.4. The lowest BCUT2D eigenvalue weighted by Gasteiger charge is -2.42.